The highest BCUT2D eigenvalue weighted by Crippen LogP contribution is 2.12. The highest BCUT2D eigenvalue weighted by atomic mass is 16.5. The van der Waals surface area contributed by atoms with Crippen molar-refractivity contribution in [3.63, 3.8) is 0 Å². The highest BCUT2D eigenvalue weighted by molar-refractivity contribution is 5.87. The van der Waals surface area contributed by atoms with E-state index in [4.69, 9.17) is 4.74 Å². The summed E-state index contributed by atoms with van der Waals surface area (Å²) in [6.07, 6.45) is 4.15. The molecule has 0 aliphatic heterocycles. The molecule has 0 atom stereocenters. The van der Waals surface area contributed by atoms with Crippen LogP contribution in [0.1, 0.15) is 29.2 Å². The summed E-state index contributed by atoms with van der Waals surface area (Å²) < 4.78 is 4.85. The van der Waals surface area contributed by atoms with Crippen LogP contribution in [0, 0.1) is 6.92 Å². The molecule has 0 aliphatic carbocycles. The Hall–Kier alpha value is -2.35. The summed E-state index contributed by atoms with van der Waals surface area (Å²) in [6.45, 7) is 4.29. The van der Waals surface area contributed by atoms with Gasteiger partial charge in [0.2, 0.25) is 0 Å². The lowest BCUT2D eigenvalue weighted by molar-refractivity contribution is -0.137. The first-order valence-electron chi connectivity index (χ1n) is 7.16. The van der Waals surface area contributed by atoms with E-state index in [-0.39, 0.29) is 5.97 Å². The fraction of sp³-hybridized carbons (Fsp3) is 0.211. The molecule has 0 radical (unpaired) electrons. The van der Waals surface area contributed by atoms with Gasteiger partial charge in [0, 0.05) is 6.08 Å². The van der Waals surface area contributed by atoms with Gasteiger partial charge in [0.05, 0.1) is 6.61 Å². The van der Waals surface area contributed by atoms with Crippen molar-refractivity contribution in [3.05, 3.63) is 76.9 Å². The fourth-order valence-electron chi connectivity index (χ4n) is 2.04. The van der Waals surface area contributed by atoms with Crippen LogP contribution in [0.4, 0.5) is 0 Å². The third kappa shape index (κ3) is 4.92. The Kier molecular flexibility index (Phi) is 5.33. The van der Waals surface area contributed by atoms with Crippen LogP contribution in [-0.4, -0.2) is 12.6 Å². The average Bonchev–Trinajstić information content (AvgIpc) is 2.49. The SMILES string of the molecule is CCOC(=O)/C=C/c1ccc(Cc2ccc(C)cc2)cc1. The molecule has 0 spiro atoms. The van der Waals surface area contributed by atoms with Gasteiger partial charge in [-0.2, -0.15) is 0 Å². The Morgan fingerprint density at radius 2 is 1.57 bits per heavy atom. The largest absolute Gasteiger partial charge is 0.463 e. The number of hydrogen-bond donors (Lipinski definition) is 0. The lowest BCUT2D eigenvalue weighted by Gasteiger charge is -2.03. The van der Waals surface area contributed by atoms with E-state index in [1.807, 2.05) is 12.1 Å². The van der Waals surface area contributed by atoms with Crippen molar-refractivity contribution in [1.82, 2.24) is 0 Å². The zero-order valence-electron chi connectivity index (χ0n) is 12.5. The molecule has 0 heterocycles. The van der Waals surface area contributed by atoms with E-state index < -0.39 is 0 Å². The Morgan fingerprint density at radius 3 is 2.14 bits per heavy atom. The first-order valence-corrected chi connectivity index (χ1v) is 7.16. The lowest BCUT2D eigenvalue weighted by Crippen LogP contribution is -1.98. The molecule has 2 rings (SSSR count). The second-order valence-corrected chi connectivity index (χ2v) is 4.99. The molecule has 0 unspecified atom stereocenters. The summed E-state index contributed by atoms with van der Waals surface area (Å²) in [5, 5.41) is 0. The van der Waals surface area contributed by atoms with E-state index in [1.165, 1.54) is 22.8 Å². The maximum Gasteiger partial charge on any atom is 0.330 e. The van der Waals surface area contributed by atoms with Gasteiger partial charge in [-0.1, -0.05) is 54.1 Å². The van der Waals surface area contributed by atoms with Gasteiger partial charge in [-0.15, -0.1) is 0 Å². The molecule has 0 aliphatic rings. The molecule has 0 saturated carbocycles. The van der Waals surface area contributed by atoms with E-state index >= 15 is 0 Å². The number of esters is 1. The number of ether oxygens (including phenoxy) is 1. The normalized spacial score (nSPS) is 10.8. The van der Waals surface area contributed by atoms with Crippen LogP contribution in [0.15, 0.2) is 54.6 Å². The van der Waals surface area contributed by atoms with Crippen LogP contribution in [0.5, 0.6) is 0 Å². The zero-order chi connectivity index (χ0) is 15.1. The molecule has 0 saturated heterocycles. The van der Waals surface area contributed by atoms with Crippen molar-refractivity contribution in [2.75, 3.05) is 6.61 Å². The van der Waals surface area contributed by atoms with Crippen LogP contribution in [-0.2, 0) is 16.0 Å². The second kappa shape index (κ2) is 7.44. The van der Waals surface area contributed by atoms with Gasteiger partial charge in [0.25, 0.3) is 0 Å². The maximum atomic E-state index is 11.2. The van der Waals surface area contributed by atoms with E-state index in [9.17, 15) is 4.79 Å². The molecule has 108 valence electrons. The van der Waals surface area contributed by atoms with Crippen molar-refractivity contribution < 1.29 is 9.53 Å². The quantitative estimate of drug-likeness (QED) is 0.607. The topological polar surface area (TPSA) is 26.3 Å². The van der Waals surface area contributed by atoms with Crippen LogP contribution < -0.4 is 0 Å². The number of aryl methyl sites for hydroxylation is 1. The van der Waals surface area contributed by atoms with Crippen LogP contribution >= 0.6 is 0 Å². The van der Waals surface area contributed by atoms with Crippen LogP contribution in [0.3, 0.4) is 0 Å². The molecule has 0 bridgehead atoms. The number of carbonyl (C=O) groups is 1. The standard InChI is InChI=1S/C19H20O2/c1-3-21-19(20)13-12-16-8-10-18(11-9-16)14-17-6-4-15(2)5-7-17/h4-13H,3,14H2,1-2H3/b13-12+. The van der Waals surface area contributed by atoms with Gasteiger partial charge < -0.3 is 4.74 Å². The zero-order valence-corrected chi connectivity index (χ0v) is 12.5. The molecule has 2 heteroatoms. The maximum absolute atomic E-state index is 11.2. The van der Waals surface area contributed by atoms with Crippen molar-refractivity contribution in [3.8, 4) is 0 Å². The molecule has 0 N–H and O–H groups in total. The van der Waals surface area contributed by atoms with Gasteiger partial charge in [-0.05, 0) is 43.0 Å². The molecular weight excluding hydrogens is 260 g/mol. The number of hydrogen-bond acceptors (Lipinski definition) is 2. The minimum absolute atomic E-state index is 0.304. The van der Waals surface area contributed by atoms with Crippen molar-refractivity contribution in [2.24, 2.45) is 0 Å². The summed E-state index contributed by atoms with van der Waals surface area (Å²) in [4.78, 5) is 11.2. The summed E-state index contributed by atoms with van der Waals surface area (Å²) >= 11 is 0. The van der Waals surface area contributed by atoms with Gasteiger partial charge in [0.1, 0.15) is 0 Å². The minimum Gasteiger partial charge on any atom is -0.463 e. The molecule has 0 fully saturated rings. The van der Waals surface area contributed by atoms with Gasteiger partial charge in [-0.25, -0.2) is 4.79 Å². The molecule has 2 nitrogen and oxygen atoms in total. The van der Waals surface area contributed by atoms with Gasteiger partial charge in [0.15, 0.2) is 0 Å². The molecule has 2 aromatic rings. The molecule has 0 amide bonds. The number of carbonyl (C=O) groups excluding carboxylic acids is 1. The van der Waals surface area contributed by atoms with Crippen molar-refractivity contribution in [2.45, 2.75) is 20.3 Å². The fourth-order valence-corrected chi connectivity index (χ4v) is 2.04. The summed E-state index contributed by atoms with van der Waals surface area (Å²) in [7, 11) is 0. The number of benzene rings is 2. The Bertz CT molecular complexity index is 607. The Morgan fingerprint density at radius 1 is 1.00 bits per heavy atom. The van der Waals surface area contributed by atoms with Crippen LogP contribution in [0.25, 0.3) is 6.08 Å². The smallest absolute Gasteiger partial charge is 0.330 e. The van der Waals surface area contributed by atoms with Crippen LogP contribution in [0.2, 0.25) is 0 Å². The minimum atomic E-state index is -0.304. The second-order valence-electron chi connectivity index (χ2n) is 4.99. The summed E-state index contributed by atoms with van der Waals surface area (Å²) in [6, 6.07) is 16.8. The predicted molar refractivity (Wildman–Crippen MR) is 86.1 cm³/mol. The van der Waals surface area contributed by atoms with E-state index in [2.05, 4.69) is 43.3 Å². The third-order valence-electron chi connectivity index (χ3n) is 3.21. The monoisotopic (exact) mass is 280 g/mol. The van der Waals surface area contributed by atoms with E-state index in [0.29, 0.717) is 6.61 Å². The molecule has 2 aromatic carbocycles. The third-order valence-corrected chi connectivity index (χ3v) is 3.21. The number of rotatable bonds is 5. The summed E-state index contributed by atoms with van der Waals surface area (Å²) in [5.41, 5.74) is 4.83. The Balaban J connectivity index is 1.98. The van der Waals surface area contributed by atoms with Gasteiger partial charge in [-0.3, -0.25) is 0 Å². The average molecular weight is 280 g/mol. The molecular formula is C19H20O2. The highest BCUT2D eigenvalue weighted by Gasteiger charge is 1.97. The van der Waals surface area contributed by atoms with E-state index in [1.54, 1.807) is 13.0 Å². The molecule has 21 heavy (non-hydrogen) atoms. The first-order chi connectivity index (χ1) is 10.2. The van der Waals surface area contributed by atoms with E-state index in [0.717, 1.165) is 12.0 Å². The molecule has 0 aromatic heterocycles. The van der Waals surface area contributed by atoms with Crippen molar-refractivity contribution in [1.29, 1.82) is 0 Å². The van der Waals surface area contributed by atoms with Crippen molar-refractivity contribution >= 4 is 12.0 Å². The first kappa shape index (κ1) is 15.0. The Labute approximate surface area is 126 Å². The summed E-state index contributed by atoms with van der Waals surface area (Å²) in [5.74, 6) is -0.304. The lowest BCUT2D eigenvalue weighted by atomic mass is 10.0. The predicted octanol–water partition coefficient (Wildman–Crippen LogP) is 4.16. The van der Waals surface area contributed by atoms with Gasteiger partial charge >= 0.3 is 5.97 Å².